The molecule has 3 nitrogen and oxygen atoms in total. The average Bonchev–Trinajstić information content (AvgIpc) is 2.78. The molecule has 4 aliphatic rings. The first-order valence-corrected chi connectivity index (χ1v) is 11.5. The van der Waals surface area contributed by atoms with Gasteiger partial charge in [0.25, 0.3) is 0 Å². The van der Waals surface area contributed by atoms with Gasteiger partial charge in [0.2, 0.25) is 0 Å². The fourth-order valence-corrected chi connectivity index (χ4v) is 6.21. The van der Waals surface area contributed by atoms with Crippen molar-refractivity contribution in [2.24, 2.45) is 17.8 Å². The maximum atomic E-state index is 5.40. The molecule has 0 radical (unpaired) electrons. The summed E-state index contributed by atoms with van der Waals surface area (Å²) in [4.78, 5) is 10.8. The molecule has 4 bridgehead atoms. The molecule has 2 aromatic rings. The molecule has 0 unspecified atom stereocenters. The predicted molar refractivity (Wildman–Crippen MR) is 128 cm³/mol. The average molecular weight is 418 g/mol. The summed E-state index contributed by atoms with van der Waals surface area (Å²) in [6, 6.07) is 20.6. The number of hydroxylamine groups is 2. The Morgan fingerprint density at radius 3 is 1.42 bits per heavy atom. The third-order valence-corrected chi connectivity index (χ3v) is 7.01. The summed E-state index contributed by atoms with van der Waals surface area (Å²) < 4.78 is 0. The van der Waals surface area contributed by atoms with E-state index in [1.165, 1.54) is 49.7 Å². The number of rotatable bonds is 6. The summed E-state index contributed by atoms with van der Waals surface area (Å²) in [5.74, 6) is 2.80. The van der Waals surface area contributed by atoms with Crippen LogP contribution in [-0.4, -0.2) is 25.0 Å². The first-order chi connectivity index (χ1) is 15.2. The summed E-state index contributed by atoms with van der Waals surface area (Å²) in [5, 5.41) is 1.79. The van der Waals surface area contributed by atoms with Crippen LogP contribution in [0.25, 0.3) is 12.2 Å². The van der Waals surface area contributed by atoms with Gasteiger partial charge in [-0.05, 0) is 67.4 Å². The second-order valence-corrected chi connectivity index (χ2v) is 9.30. The summed E-state index contributed by atoms with van der Waals surface area (Å²) in [6.45, 7) is 0. The van der Waals surface area contributed by atoms with Gasteiger partial charge in [-0.25, -0.2) is 0 Å². The molecule has 0 heterocycles. The van der Waals surface area contributed by atoms with Gasteiger partial charge in [-0.3, -0.25) is 9.68 Å². The van der Waals surface area contributed by atoms with Gasteiger partial charge in [0.1, 0.15) is 0 Å². The third kappa shape index (κ3) is 5.54. The number of benzene rings is 2. The van der Waals surface area contributed by atoms with Crippen LogP contribution in [0.1, 0.15) is 49.7 Å². The van der Waals surface area contributed by atoms with E-state index >= 15 is 0 Å². The maximum absolute atomic E-state index is 5.40. The molecule has 0 N–H and O–H groups in total. The molecule has 2 aromatic carbocycles. The standard InChI is InChI=1S/C16H14.C12H21NO2/c1-3-9-15(10-4-1)13-7-8-14-16-11-5-2-6-12-16;1-14-13(15-2)12-6-9-3-10(7-12)5-11(4-9)8-12/h1-14H;9-11H,3-8H2,1-2H3. The van der Waals surface area contributed by atoms with Crippen molar-refractivity contribution in [2.45, 2.75) is 44.1 Å². The molecule has 0 amide bonds. The van der Waals surface area contributed by atoms with Gasteiger partial charge in [-0.1, -0.05) is 90.2 Å². The summed E-state index contributed by atoms with van der Waals surface area (Å²) in [7, 11) is 3.45. The van der Waals surface area contributed by atoms with Crippen LogP contribution in [0.15, 0.2) is 72.8 Å². The zero-order valence-corrected chi connectivity index (χ0v) is 18.8. The largest absolute Gasteiger partial charge is 0.277 e. The topological polar surface area (TPSA) is 21.7 Å². The van der Waals surface area contributed by atoms with Crippen LogP contribution in [0, 0.1) is 17.8 Å². The molecule has 0 saturated heterocycles. The van der Waals surface area contributed by atoms with Gasteiger partial charge >= 0.3 is 0 Å². The monoisotopic (exact) mass is 417 g/mol. The lowest BCUT2D eigenvalue weighted by Crippen LogP contribution is -2.59. The molecular formula is C28H35NO2. The number of allylic oxidation sites excluding steroid dienone is 2. The molecule has 4 aliphatic carbocycles. The lowest BCUT2D eigenvalue weighted by atomic mass is 9.53. The molecule has 6 rings (SSSR count). The van der Waals surface area contributed by atoms with E-state index in [0.29, 0.717) is 0 Å². The van der Waals surface area contributed by atoms with Crippen LogP contribution in [0.5, 0.6) is 0 Å². The molecule has 31 heavy (non-hydrogen) atoms. The Kier molecular flexibility index (Phi) is 7.39. The van der Waals surface area contributed by atoms with E-state index in [1.807, 2.05) is 36.4 Å². The normalized spacial score (nSPS) is 28.9. The van der Waals surface area contributed by atoms with Crippen LogP contribution < -0.4 is 0 Å². The van der Waals surface area contributed by atoms with Crippen molar-refractivity contribution in [3.63, 3.8) is 0 Å². The predicted octanol–water partition coefficient (Wildman–Crippen LogP) is 6.79. The minimum Gasteiger partial charge on any atom is -0.277 e. The van der Waals surface area contributed by atoms with Gasteiger partial charge in [-0.15, -0.1) is 0 Å². The van der Waals surface area contributed by atoms with Gasteiger partial charge in [-0.2, -0.15) is 0 Å². The van der Waals surface area contributed by atoms with Crippen molar-refractivity contribution in [1.82, 2.24) is 5.23 Å². The van der Waals surface area contributed by atoms with Crippen LogP contribution in [0.2, 0.25) is 0 Å². The first kappa shape index (κ1) is 22.0. The van der Waals surface area contributed by atoms with Crippen molar-refractivity contribution < 1.29 is 9.68 Å². The highest BCUT2D eigenvalue weighted by Gasteiger charge is 2.54. The summed E-state index contributed by atoms with van der Waals surface area (Å²) in [5.41, 5.74) is 2.65. The molecule has 4 saturated carbocycles. The van der Waals surface area contributed by atoms with Crippen LogP contribution in [0.3, 0.4) is 0 Å². The Balaban J connectivity index is 0.000000149. The van der Waals surface area contributed by atoms with E-state index in [-0.39, 0.29) is 5.54 Å². The highest BCUT2D eigenvalue weighted by molar-refractivity contribution is 5.56. The highest BCUT2D eigenvalue weighted by atomic mass is 16.9. The van der Waals surface area contributed by atoms with E-state index < -0.39 is 0 Å². The van der Waals surface area contributed by atoms with Crippen molar-refractivity contribution in [3.8, 4) is 0 Å². The molecule has 4 fully saturated rings. The Labute approximate surface area is 187 Å². The zero-order valence-electron chi connectivity index (χ0n) is 18.8. The lowest BCUT2D eigenvalue weighted by molar-refractivity contribution is -0.410. The van der Waals surface area contributed by atoms with Gasteiger partial charge in [0.15, 0.2) is 0 Å². The minimum absolute atomic E-state index is 0.207. The summed E-state index contributed by atoms with van der Waals surface area (Å²) >= 11 is 0. The van der Waals surface area contributed by atoms with E-state index in [1.54, 1.807) is 19.4 Å². The number of hydrogen-bond donors (Lipinski definition) is 0. The van der Waals surface area contributed by atoms with Crippen LogP contribution in [0.4, 0.5) is 0 Å². The molecule has 0 aromatic heterocycles. The quantitative estimate of drug-likeness (QED) is 0.381. The molecule has 0 spiro atoms. The molecule has 0 aliphatic heterocycles. The van der Waals surface area contributed by atoms with Crippen molar-refractivity contribution in [3.05, 3.63) is 83.9 Å². The number of hydrogen-bond acceptors (Lipinski definition) is 3. The third-order valence-electron chi connectivity index (χ3n) is 7.01. The molecule has 0 atom stereocenters. The Bertz CT molecular complexity index is 772. The van der Waals surface area contributed by atoms with E-state index in [9.17, 15) is 0 Å². The lowest BCUT2D eigenvalue weighted by Gasteiger charge is -2.58. The Morgan fingerprint density at radius 1 is 0.677 bits per heavy atom. The van der Waals surface area contributed by atoms with Crippen LogP contribution >= 0.6 is 0 Å². The van der Waals surface area contributed by atoms with Gasteiger partial charge in [0.05, 0.1) is 19.8 Å². The highest BCUT2D eigenvalue weighted by Crippen LogP contribution is 2.57. The van der Waals surface area contributed by atoms with E-state index in [0.717, 1.165) is 17.8 Å². The second-order valence-electron chi connectivity index (χ2n) is 9.30. The van der Waals surface area contributed by atoms with Crippen molar-refractivity contribution >= 4 is 12.2 Å². The molecule has 164 valence electrons. The van der Waals surface area contributed by atoms with E-state index in [4.69, 9.17) is 9.68 Å². The number of nitrogens with zero attached hydrogens (tertiary/aromatic N) is 1. The summed E-state index contributed by atoms with van der Waals surface area (Å²) in [6.07, 6.45) is 16.5. The van der Waals surface area contributed by atoms with E-state index in [2.05, 4.69) is 48.6 Å². The maximum Gasteiger partial charge on any atom is 0.0745 e. The first-order valence-electron chi connectivity index (χ1n) is 11.5. The minimum atomic E-state index is 0.207. The molecular weight excluding hydrogens is 382 g/mol. The Morgan fingerprint density at radius 2 is 1.06 bits per heavy atom. The van der Waals surface area contributed by atoms with Crippen molar-refractivity contribution in [1.29, 1.82) is 0 Å². The van der Waals surface area contributed by atoms with Crippen LogP contribution in [-0.2, 0) is 9.68 Å². The zero-order chi connectivity index (χ0) is 21.5. The SMILES string of the molecule is C(C=Cc1ccccc1)=Cc1ccccc1.CON(OC)C12CC3CC(CC(C3)C1)C2. The van der Waals surface area contributed by atoms with Gasteiger partial charge in [0, 0.05) is 0 Å². The second kappa shape index (κ2) is 10.4. The fourth-order valence-electron chi connectivity index (χ4n) is 6.21. The fraction of sp³-hybridized carbons (Fsp3) is 0.429. The Hall–Kier alpha value is -2.20. The molecule has 3 heteroatoms. The van der Waals surface area contributed by atoms with Gasteiger partial charge < -0.3 is 0 Å². The smallest absolute Gasteiger partial charge is 0.0745 e. The van der Waals surface area contributed by atoms with Crippen molar-refractivity contribution in [2.75, 3.05) is 14.2 Å².